The lowest BCUT2D eigenvalue weighted by molar-refractivity contribution is 0.582. The van der Waals surface area contributed by atoms with Crippen LogP contribution in [0, 0.1) is 12.3 Å². The van der Waals surface area contributed by atoms with E-state index in [-0.39, 0.29) is 17.1 Å². The summed E-state index contributed by atoms with van der Waals surface area (Å²) in [5.41, 5.74) is 5.74. The molecule has 0 radical (unpaired) electrons. The average molecular weight is 259 g/mol. The van der Waals surface area contributed by atoms with Gasteiger partial charge in [-0.1, -0.05) is 11.6 Å². The topological polar surface area (TPSA) is 72.2 Å². The minimum atomic E-state index is -3.56. The molecule has 0 atom stereocenters. The van der Waals surface area contributed by atoms with E-state index in [0.717, 1.165) is 0 Å². The molecule has 4 nitrogen and oxygen atoms in total. The van der Waals surface area contributed by atoms with Gasteiger partial charge in [0.05, 0.1) is 15.6 Å². The van der Waals surface area contributed by atoms with Crippen LogP contribution in [0.25, 0.3) is 0 Å². The molecular formula is C10H11ClN2O2S. The van der Waals surface area contributed by atoms with Crippen LogP contribution in [0.15, 0.2) is 23.1 Å². The summed E-state index contributed by atoms with van der Waals surface area (Å²) >= 11 is 5.69. The van der Waals surface area contributed by atoms with Crippen molar-refractivity contribution < 1.29 is 8.42 Å². The molecule has 0 aromatic heterocycles. The zero-order valence-electron chi connectivity index (χ0n) is 8.40. The first-order valence-electron chi connectivity index (χ1n) is 4.45. The maximum absolute atomic E-state index is 11.7. The predicted octanol–water partition coefficient (Wildman–Crippen LogP) is 1.22. The van der Waals surface area contributed by atoms with E-state index >= 15 is 0 Å². The van der Waals surface area contributed by atoms with Crippen LogP contribution in [0.2, 0.25) is 5.02 Å². The first kappa shape index (κ1) is 12.8. The van der Waals surface area contributed by atoms with Gasteiger partial charge >= 0.3 is 0 Å². The highest BCUT2D eigenvalue weighted by molar-refractivity contribution is 7.89. The second-order valence-corrected chi connectivity index (χ2v) is 5.21. The molecule has 0 saturated carbocycles. The van der Waals surface area contributed by atoms with Crippen LogP contribution >= 0.6 is 11.6 Å². The van der Waals surface area contributed by atoms with Crippen LogP contribution < -0.4 is 10.5 Å². The number of nitrogens with two attached hydrogens (primary N) is 1. The fourth-order valence-corrected chi connectivity index (χ4v) is 2.21. The van der Waals surface area contributed by atoms with Crippen molar-refractivity contribution in [2.24, 2.45) is 0 Å². The summed E-state index contributed by atoms with van der Waals surface area (Å²) in [5, 5.41) is 0.322. The van der Waals surface area contributed by atoms with Gasteiger partial charge in [-0.05, 0) is 18.2 Å². The van der Waals surface area contributed by atoms with Gasteiger partial charge in [-0.25, -0.2) is 13.1 Å². The molecule has 0 aliphatic heterocycles. The first-order valence-corrected chi connectivity index (χ1v) is 6.31. The number of hydrogen-bond donors (Lipinski definition) is 2. The van der Waals surface area contributed by atoms with Crippen molar-refractivity contribution in [2.75, 3.05) is 12.3 Å². The molecule has 0 heterocycles. The Morgan fingerprint density at radius 1 is 1.50 bits per heavy atom. The monoisotopic (exact) mass is 258 g/mol. The van der Waals surface area contributed by atoms with Crippen molar-refractivity contribution in [2.45, 2.75) is 11.3 Å². The molecule has 6 heteroatoms. The van der Waals surface area contributed by atoms with Crippen LogP contribution in [0.1, 0.15) is 6.42 Å². The second-order valence-electron chi connectivity index (χ2n) is 3.04. The Labute approximate surface area is 99.8 Å². The van der Waals surface area contributed by atoms with E-state index in [1.165, 1.54) is 18.2 Å². The van der Waals surface area contributed by atoms with Crippen molar-refractivity contribution in [3.8, 4) is 12.3 Å². The van der Waals surface area contributed by atoms with Crippen molar-refractivity contribution >= 4 is 27.3 Å². The van der Waals surface area contributed by atoms with Gasteiger partial charge < -0.3 is 5.73 Å². The van der Waals surface area contributed by atoms with Gasteiger partial charge in [0.15, 0.2) is 0 Å². The Hall–Kier alpha value is -1.22. The summed E-state index contributed by atoms with van der Waals surface area (Å²) in [6, 6.07) is 4.13. The van der Waals surface area contributed by atoms with Crippen molar-refractivity contribution in [1.82, 2.24) is 4.72 Å². The van der Waals surface area contributed by atoms with Gasteiger partial charge in [0.2, 0.25) is 10.0 Å². The molecule has 0 spiro atoms. The molecule has 3 N–H and O–H groups in total. The zero-order valence-corrected chi connectivity index (χ0v) is 9.98. The van der Waals surface area contributed by atoms with Crippen molar-refractivity contribution in [3.63, 3.8) is 0 Å². The molecule has 0 amide bonds. The number of nitrogens with one attached hydrogen (secondary N) is 1. The summed E-state index contributed by atoms with van der Waals surface area (Å²) in [7, 11) is -3.56. The van der Waals surface area contributed by atoms with Gasteiger partial charge in [-0.15, -0.1) is 12.3 Å². The van der Waals surface area contributed by atoms with E-state index in [9.17, 15) is 8.42 Å². The molecule has 1 aromatic rings. The number of terminal acetylenes is 1. The van der Waals surface area contributed by atoms with Gasteiger partial charge in [-0.2, -0.15) is 0 Å². The third-order valence-electron chi connectivity index (χ3n) is 1.84. The number of hydrogen-bond acceptors (Lipinski definition) is 3. The molecule has 0 fully saturated rings. The summed E-state index contributed by atoms with van der Waals surface area (Å²) in [6.45, 7) is 0.196. The lowest BCUT2D eigenvalue weighted by Crippen LogP contribution is -2.24. The maximum Gasteiger partial charge on any atom is 0.240 e. The number of anilines is 1. The van der Waals surface area contributed by atoms with Gasteiger partial charge in [-0.3, -0.25) is 0 Å². The molecule has 0 saturated heterocycles. The van der Waals surface area contributed by atoms with E-state index in [0.29, 0.717) is 11.4 Å². The van der Waals surface area contributed by atoms with Gasteiger partial charge in [0.1, 0.15) is 0 Å². The fourth-order valence-electron chi connectivity index (χ4n) is 1.03. The third kappa shape index (κ3) is 3.14. The number of nitrogen functional groups attached to an aromatic ring is 1. The summed E-state index contributed by atoms with van der Waals surface area (Å²) in [4.78, 5) is 0.0754. The van der Waals surface area contributed by atoms with Crippen LogP contribution in [-0.2, 0) is 10.0 Å². The minimum absolute atomic E-state index is 0.0754. The van der Waals surface area contributed by atoms with Crippen molar-refractivity contribution in [3.05, 3.63) is 23.2 Å². The van der Waals surface area contributed by atoms with Crippen LogP contribution in [0.3, 0.4) is 0 Å². The first-order chi connectivity index (χ1) is 7.47. The predicted molar refractivity (Wildman–Crippen MR) is 64.5 cm³/mol. The third-order valence-corrected chi connectivity index (χ3v) is 3.64. The minimum Gasteiger partial charge on any atom is -0.397 e. The molecule has 16 heavy (non-hydrogen) atoms. The van der Waals surface area contributed by atoms with E-state index in [1.54, 1.807) is 0 Å². The van der Waals surface area contributed by atoms with Crippen LogP contribution in [0.4, 0.5) is 5.69 Å². The smallest absolute Gasteiger partial charge is 0.240 e. The second kappa shape index (κ2) is 5.21. The Kier molecular flexibility index (Phi) is 4.19. The molecule has 0 bridgehead atoms. The highest BCUT2D eigenvalue weighted by atomic mass is 35.5. The largest absolute Gasteiger partial charge is 0.397 e. The SMILES string of the molecule is C#CCCNS(=O)(=O)c1ccc(Cl)c(N)c1. The summed E-state index contributed by atoms with van der Waals surface area (Å²) in [6.07, 6.45) is 5.35. The lowest BCUT2D eigenvalue weighted by atomic mass is 10.3. The van der Waals surface area contributed by atoms with Gasteiger partial charge in [0, 0.05) is 13.0 Å². The van der Waals surface area contributed by atoms with E-state index in [1.807, 2.05) is 0 Å². The molecule has 1 aromatic carbocycles. The average Bonchev–Trinajstić information content (AvgIpc) is 2.22. The molecule has 0 unspecified atom stereocenters. The number of benzene rings is 1. The Bertz CT molecular complexity index is 520. The molecule has 0 aliphatic carbocycles. The highest BCUT2D eigenvalue weighted by Gasteiger charge is 2.13. The van der Waals surface area contributed by atoms with Gasteiger partial charge in [0.25, 0.3) is 0 Å². The highest BCUT2D eigenvalue weighted by Crippen LogP contribution is 2.21. The van der Waals surface area contributed by atoms with E-state index in [4.69, 9.17) is 23.8 Å². The lowest BCUT2D eigenvalue weighted by Gasteiger charge is -2.06. The maximum atomic E-state index is 11.7. The Balaban J connectivity index is 2.91. The molecular weight excluding hydrogens is 248 g/mol. The fraction of sp³-hybridized carbons (Fsp3) is 0.200. The van der Waals surface area contributed by atoms with Crippen LogP contribution in [0.5, 0.6) is 0 Å². The van der Waals surface area contributed by atoms with E-state index < -0.39 is 10.0 Å². The normalized spacial score (nSPS) is 11.0. The standard InChI is InChI=1S/C10H11ClN2O2S/c1-2-3-6-13-16(14,15)8-4-5-9(11)10(12)7-8/h1,4-5,7,13H,3,6,12H2. The summed E-state index contributed by atoms with van der Waals surface area (Å²) < 4.78 is 25.7. The summed E-state index contributed by atoms with van der Waals surface area (Å²) in [5.74, 6) is 2.34. The zero-order chi connectivity index (χ0) is 12.2. The Morgan fingerprint density at radius 2 is 2.19 bits per heavy atom. The number of rotatable bonds is 4. The molecule has 86 valence electrons. The van der Waals surface area contributed by atoms with Crippen molar-refractivity contribution in [1.29, 1.82) is 0 Å². The molecule has 0 aliphatic rings. The number of halogens is 1. The molecule has 1 rings (SSSR count). The number of sulfonamides is 1. The van der Waals surface area contributed by atoms with E-state index in [2.05, 4.69) is 10.6 Å². The quantitative estimate of drug-likeness (QED) is 0.485. The van der Waals surface area contributed by atoms with Crippen LogP contribution in [-0.4, -0.2) is 15.0 Å². The Morgan fingerprint density at radius 3 is 2.75 bits per heavy atom.